The molecule has 28 heavy (non-hydrogen) atoms. The fourth-order valence-electron chi connectivity index (χ4n) is 2.86. The molecule has 1 atom stereocenters. The molecule has 7 heteroatoms. The first-order chi connectivity index (χ1) is 13.6. The van der Waals surface area contributed by atoms with Crippen molar-refractivity contribution in [2.75, 3.05) is 26.3 Å². The smallest absolute Gasteiger partial charge is 0.254 e. The largest absolute Gasteiger partial charge is 0.491 e. The Morgan fingerprint density at radius 2 is 1.75 bits per heavy atom. The SMILES string of the molecule is O=C(NCCNC(=O)c1ccccc1F)c1ccc(OCC2CCCO2)cc1. The Kier molecular flexibility index (Phi) is 6.97. The molecule has 2 N–H and O–H groups in total. The van der Waals surface area contributed by atoms with Crippen LogP contribution >= 0.6 is 0 Å². The van der Waals surface area contributed by atoms with Crippen LogP contribution in [0.25, 0.3) is 0 Å². The number of rotatable bonds is 8. The van der Waals surface area contributed by atoms with Gasteiger partial charge in [-0.2, -0.15) is 0 Å². The summed E-state index contributed by atoms with van der Waals surface area (Å²) in [5, 5.41) is 5.28. The highest BCUT2D eigenvalue weighted by atomic mass is 19.1. The third kappa shape index (κ3) is 5.53. The maximum atomic E-state index is 13.5. The quantitative estimate of drug-likeness (QED) is 0.684. The Bertz CT molecular complexity index is 804. The van der Waals surface area contributed by atoms with E-state index in [2.05, 4.69) is 10.6 Å². The highest BCUT2D eigenvalue weighted by Crippen LogP contribution is 2.16. The van der Waals surface area contributed by atoms with Gasteiger partial charge in [0, 0.05) is 25.3 Å². The molecular formula is C21H23FN2O4. The number of ether oxygens (including phenoxy) is 2. The number of hydrogen-bond acceptors (Lipinski definition) is 4. The van der Waals surface area contributed by atoms with Crippen molar-refractivity contribution in [1.29, 1.82) is 0 Å². The molecular weight excluding hydrogens is 363 g/mol. The van der Waals surface area contributed by atoms with Gasteiger partial charge in [-0.05, 0) is 49.2 Å². The van der Waals surface area contributed by atoms with E-state index in [1.165, 1.54) is 18.2 Å². The molecule has 148 valence electrons. The third-order valence-electron chi connectivity index (χ3n) is 4.39. The van der Waals surface area contributed by atoms with E-state index < -0.39 is 11.7 Å². The summed E-state index contributed by atoms with van der Waals surface area (Å²) in [5.74, 6) is -0.666. The Morgan fingerprint density at radius 1 is 1.04 bits per heavy atom. The lowest BCUT2D eigenvalue weighted by Gasteiger charge is -2.12. The van der Waals surface area contributed by atoms with Crippen LogP contribution in [-0.2, 0) is 4.74 Å². The van der Waals surface area contributed by atoms with Gasteiger partial charge in [-0.3, -0.25) is 9.59 Å². The minimum Gasteiger partial charge on any atom is -0.491 e. The molecule has 1 heterocycles. The van der Waals surface area contributed by atoms with Crippen molar-refractivity contribution in [3.63, 3.8) is 0 Å². The van der Waals surface area contributed by atoms with Crippen LogP contribution in [0.3, 0.4) is 0 Å². The molecule has 1 saturated heterocycles. The highest BCUT2D eigenvalue weighted by molar-refractivity contribution is 5.95. The summed E-state index contributed by atoms with van der Waals surface area (Å²) in [6.07, 6.45) is 2.21. The fourth-order valence-corrected chi connectivity index (χ4v) is 2.86. The molecule has 1 unspecified atom stereocenters. The van der Waals surface area contributed by atoms with Gasteiger partial charge in [0.1, 0.15) is 18.2 Å². The molecule has 0 aromatic heterocycles. The second-order valence-electron chi connectivity index (χ2n) is 6.46. The molecule has 6 nitrogen and oxygen atoms in total. The summed E-state index contributed by atoms with van der Waals surface area (Å²) in [6.45, 7) is 1.72. The second-order valence-corrected chi connectivity index (χ2v) is 6.46. The number of carbonyl (C=O) groups excluding carboxylic acids is 2. The average Bonchev–Trinajstić information content (AvgIpc) is 3.24. The first kappa shape index (κ1) is 19.8. The first-order valence-corrected chi connectivity index (χ1v) is 9.29. The minimum atomic E-state index is -0.578. The third-order valence-corrected chi connectivity index (χ3v) is 4.39. The second kappa shape index (κ2) is 9.85. The van der Waals surface area contributed by atoms with Crippen molar-refractivity contribution in [1.82, 2.24) is 10.6 Å². The lowest BCUT2D eigenvalue weighted by atomic mass is 10.2. The van der Waals surface area contributed by atoms with Crippen LogP contribution in [0.2, 0.25) is 0 Å². The van der Waals surface area contributed by atoms with Crippen molar-refractivity contribution >= 4 is 11.8 Å². The predicted octanol–water partition coefficient (Wildman–Crippen LogP) is 2.54. The molecule has 3 rings (SSSR count). The number of nitrogens with one attached hydrogen (secondary N) is 2. The Hall–Kier alpha value is -2.93. The maximum Gasteiger partial charge on any atom is 0.254 e. The molecule has 2 aromatic rings. The molecule has 1 aliphatic heterocycles. The lowest BCUT2D eigenvalue weighted by molar-refractivity contribution is 0.0679. The van der Waals surface area contributed by atoms with Crippen molar-refractivity contribution in [2.45, 2.75) is 18.9 Å². The highest BCUT2D eigenvalue weighted by Gasteiger charge is 2.16. The zero-order chi connectivity index (χ0) is 19.8. The molecule has 0 radical (unpaired) electrons. The van der Waals surface area contributed by atoms with Gasteiger partial charge in [-0.25, -0.2) is 4.39 Å². The van der Waals surface area contributed by atoms with E-state index in [0.29, 0.717) is 17.9 Å². The fraction of sp³-hybridized carbons (Fsp3) is 0.333. The molecule has 2 amide bonds. The van der Waals surface area contributed by atoms with Gasteiger partial charge >= 0.3 is 0 Å². The molecule has 0 bridgehead atoms. The van der Waals surface area contributed by atoms with Crippen molar-refractivity contribution in [3.05, 3.63) is 65.5 Å². The molecule has 0 saturated carbocycles. The number of hydrogen-bond donors (Lipinski definition) is 2. The monoisotopic (exact) mass is 386 g/mol. The van der Waals surface area contributed by atoms with Crippen molar-refractivity contribution in [2.24, 2.45) is 0 Å². The van der Waals surface area contributed by atoms with Crippen molar-refractivity contribution < 1.29 is 23.5 Å². The van der Waals surface area contributed by atoms with Gasteiger partial charge < -0.3 is 20.1 Å². The summed E-state index contributed by atoms with van der Waals surface area (Å²) in [5.41, 5.74) is 0.470. The van der Waals surface area contributed by atoms with Gasteiger partial charge in [0.15, 0.2) is 0 Å². The topological polar surface area (TPSA) is 76.7 Å². The van der Waals surface area contributed by atoms with Crippen LogP contribution in [0.15, 0.2) is 48.5 Å². The van der Waals surface area contributed by atoms with E-state index in [0.717, 1.165) is 19.4 Å². The van der Waals surface area contributed by atoms with Gasteiger partial charge in [0.2, 0.25) is 0 Å². The Morgan fingerprint density at radius 3 is 2.43 bits per heavy atom. The van der Waals surface area contributed by atoms with Crippen LogP contribution < -0.4 is 15.4 Å². The Balaban J connectivity index is 1.38. The van der Waals surface area contributed by atoms with Crippen LogP contribution in [0.4, 0.5) is 4.39 Å². The van der Waals surface area contributed by atoms with Crippen LogP contribution in [0.5, 0.6) is 5.75 Å². The van der Waals surface area contributed by atoms with E-state index >= 15 is 0 Å². The van der Waals surface area contributed by atoms with Crippen LogP contribution in [0, 0.1) is 5.82 Å². The van der Waals surface area contributed by atoms with E-state index in [1.807, 2.05) is 0 Å². The molecule has 1 fully saturated rings. The summed E-state index contributed by atoms with van der Waals surface area (Å²) in [7, 11) is 0. The van der Waals surface area contributed by atoms with Crippen molar-refractivity contribution in [3.8, 4) is 5.75 Å². The van der Waals surface area contributed by atoms with Gasteiger partial charge in [0.25, 0.3) is 11.8 Å². The zero-order valence-corrected chi connectivity index (χ0v) is 15.4. The number of benzene rings is 2. The van der Waals surface area contributed by atoms with Gasteiger partial charge in [-0.15, -0.1) is 0 Å². The van der Waals surface area contributed by atoms with Gasteiger partial charge in [-0.1, -0.05) is 12.1 Å². The molecule has 0 aliphatic carbocycles. The van der Waals surface area contributed by atoms with E-state index in [9.17, 15) is 14.0 Å². The normalized spacial score (nSPS) is 15.8. The summed E-state index contributed by atoms with van der Waals surface area (Å²) >= 11 is 0. The summed E-state index contributed by atoms with van der Waals surface area (Å²) < 4.78 is 24.7. The Labute approximate surface area is 163 Å². The average molecular weight is 386 g/mol. The van der Waals surface area contributed by atoms with Crippen LogP contribution in [0.1, 0.15) is 33.6 Å². The van der Waals surface area contributed by atoms with E-state index in [4.69, 9.17) is 9.47 Å². The van der Waals surface area contributed by atoms with E-state index in [1.54, 1.807) is 30.3 Å². The zero-order valence-electron chi connectivity index (χ0n) is 15.4. The standard InChI is InChI=1S/C21H23FN2O4/c22-19-6-2-1-5-18(19)21(26)24-12-11-23-20(25)15-7-9-16(10-8-15)28-14-17-4-3-13-27-17/h1-2,5-10,17H,3-4,11-14H2,(H,23,25)(H,24,26). The first-order valence-electron chi connectivity index (χ1n) is 9.29. The molecule has 0 spiro atoms. The minimum absolute atomic E-state index is 0.0209. The molecule has 2 aromatic carbocycles. The number of carbonyl (C=O) groups is 2. The van der Waals surface area contributed by atoms with Gasteiger partial charge in [0.05, 0.1) is 11.7 Å². The van der Waals surface area contributed by atoms with Crippen LogP contribution in [-0.4, -0.2) is 44.2 Å². The van der Waals surface area contributed by atoms with E-state index in [-0.39, 0.29) is 30.7 Å². The molecule has 1 aliphatic rings. The maximum absolute atomic E-state index is 13.5. The lowest BCUT2D eigenvalue weighted by Crippen LogP contribution is -2.35. The summed E-state index contributed by atoms with van der Waals surface area (Å²) in [6, 6.07) is 12.6. The predicted molar refractivity (Wildman–Crippen MR) is 102 cm³/mol. The number of amides is 2. The number of halogens is 1. The summed E-state index contributed by atoms with van der Waals surface area (Å²) in [4.78, 5) is 24.0.